The van der Waals surface area contributed by atoms with Crippen LogP contribution in [0.3, 0.4) is 0 Å². The molecule has 0 aliphatic heterocycles. The molecule has 0 spiro atoms. The van der Waals surface area contributed by atoms with Crippen molar-refractivity contribution in [3.8, 4) is 0 Å². The van der Waals surface area contributed by atoms with E-state index in [4.69, 9.17) is 0 Å². The van der Waals surface area contributed by atoms with Gasteiger partial charge in [-0.15, -0.1) is 0 Å². The molecule has 0 aliphatic carbocycles. The van der Waals surface area contributed by atoms with Crippen LogP contribution in [-0.2, 0) is 10.0 Å². The number of rotatable bonds is 6. The quantitative estimate of drug-likeness (QED) is 0.431. The Labute approximate surface area is 180 Å². The number of hydrogen-bond donors (Lipinski definition) is 2. The van der Waals surface area contributed by atoms with Crippen molar-refractivity contribution < 1.29 is 18.1 Å². The highest BCUT2D eigenvalue weighted by Crippen LogP contribution is 2.25. The van der Waals surface area contributed by atoms with Gasteiger partial charge < -0.3 is 5.32 Å². The maximum Gasteiger partial charge on any atom is 0.269 e. The number of nitro benzene ring substituents is 1. The molecule has 3 aromatic carbocycles. The van der Waals surface area contributed by atoms with Crippen LogP contribution in [0.25, 0.3) is 0 Å². The van der Waals surface area contributed by atoms with E-state index in [-0.39, 0.29) is 16.1 Å². The van der Waals surface area contributed by atoms with Crippen LogP contribution >= 0.6 is 0 Å². The van der Waals surface area contributed by atoms with Crippen LogP contribution in [0.5, 0.6) is 0 Å². The Morgan fingerprint density at radius 2 is 1.45 bits per heavy atom. The van der Waals surface area contributed by atoms with E-state index in [1.54, 1.807) is 0 Å². The lowest BCUT2D eigenvalue weighted by Crippen LogP contribution is -2.15. The van der Waals surface area contributed by atoms with Crippen molar-refractivity contribution in [2.75, 3.05) is 10.0 Å². The van der Waals surface area contributed by atoms with Crippen molar-refractivity contribution in [3.63, 3.8) is 0 Å². The largest absolute Gasteiger partial charge is 0.322 e. The van der Waals surface area contributed by atoms with E-state index in [0.717, 1.165) is 16.7 Å². The predicted octanol–water partition coefficient (Wildman–Crippen LogP) is 4.57. The van der Waals surface area contributed by atoms with Crippen LogP contribution in [0.15, 0.2) is 65.6 Å². The van der Waals surface area contributed by atoms with Gasteiger partial charge in [0.05, 0.1) is 15.5 Å². The zero-order chi connectivity index (χ0) is 22.8. The highest BCUT2D eigenvalue weighted by atomic mass is 32.2. The second-order valence-corrected chi connectivity index (χ2v) is 8.84. The van der Waals surface area contributed by atoms with E-state index in [9.17, 15) is 23.3 Å². The molecule has 160 valence electrons. The molecule has 0 bridgehead atoms. The monoisotopic (exact) mass is 439 g/mol. The molecule has 0 aromatic heterocycles. The smallest absolute Gasteiger partial charge is 0.269 e. The molecule has 2 N–H and O–H groups in total. The van der Waals surface area contributed by atoms with Crippen molar-refractivity contribution in [1.29, 1.82) is 0 Å². The van der Waals surface area contributed by atoms with E-state index in [0.29, 0.717) is 11.4 Å². The van der Waals surface area contributed by atoms with Crippen LogP contribution in [-0.4, -0.2) is 19.2 Å². The molecule has 0 unspecified atom stereocenters. The number of carbonyl (C=O) groups excluding carboxylic acids is 1. The average Bonchev–Trinajstić information content (AvgIpc) is 2.71. The first-order valence-electron chi connectivity index (χ1n) is 9.33. The normalized spacial score (nSPS) is 11.1. The Bertz CT molecular complexity index is 1230. The van der Waals surface area contributed by atoms with Crippen molar-refractivity contribution in [2.45, 2.75) is 25.7 Å². The molecule has 1 amide bonds. The standard InChI is InChI=1S/C22H21N3O5S/c1-14-12-15(2)21(16(3)13-14)24-31(29,30)20-10-6-18(7-11-20)23-22(26)17-4-8-19(9-5-17)25(27)28/h4-13,24H,1-3H3,(H,23,26). The first kappa shape index (κ1) is 22.0. The molecule has 0 fully saturated rings. The minimum atomic E-state index is -3.81. The minimum absolute atomic E-state index is 0.0557. The van der Waals surface area contributed by atoms with Crippen LogP contribution in [0, 0.1) is 30.9 Å². The predicted molar refractivity (Wildman–Crippen MR) is 119 cm³/mol. The van der Waals surface area contributed by atoms with E-state index in [1.807, 2.05) is 32.9 Å². The lowest BCUT2D eigenvalue weighted by atomic mass is 10.1. The number of carbonyl (C=O) groups is 1. The van der Waals surface area contributed by atoms with Gasteiger partial charge in [-0.25, -0.2) is 8.42 Å². The summed E-state index contributed by atoms with van der Waals surface area (Å²) in [6.07, 6.45) is 0. The van der Waals surface area contributed by atoms with Gasteiger partial charge in [-0.2, -0.15) is 0 Å². The molecular formula is C22H21N3O5S. The van der Waals surface area contributed by atoms with E-state index >= 15 is 0 Å². The minimum Gasteiger partial charge on any atom is -0.322 e. The van der Waals surface area contributed by atoms with E-state index < -0.39 is 20.9 Å². The number of non-ortho nitro benzene ring substituents is 1. The van der Waals surface area contributed by atoms with Crippen molar-refractivity contribution in [1.82, 2.24) is 0 Å². The Morgan fingerprint density at radius 3 is 1.97 bits per heavy atom. The summed E-state index contributed by atoms with van der Waals surface area (Å²) in [6.45, 7) is 5.63. The third-order valence-electron chi connectivity index (χ3n) is 4.68. The van der Waals surface area contributed by atoms with Gasteiger partial charge >= 0.3 is 0 Å². The summed E-state index contributed by atoms with van der Waals surface area (Å²) in [5.41, 5.74) is 3.77. The fourth-order valence-corrected chi connectivity index (χ4v) is 4.39. The zero-order valence-corrected chi connectivity index (χ0v) is 18.0. The molecule has 0 saturated carbocycles. The van der Waals surface area contributed by atoms with Crippen LogP contribution in [0.4, 0.5) is 17.1 Å². The first-order valence-corrected chi connectivity index (χ1v) is 10.8. The third-order valence-corrected chi connectivity index (χ3v) is 6.04. The number of amides is 1. The van der Waals surface area contributed by atoms with Gasteiger partial charge in [0.2, 0.25) is 0 Å². The van der Waals surface area contributed by atoms with Crippen molar-refractivity contribution in [2.24, 2.45) is 0 Å². The van der Waals surface area contributed by atoms with Gasteiger partial charge in [-0.1, -0.05) is 17.7 Å². The van der Waals surface area contributed by atoms with Gasteiger partial charge in [0.15, 0.2) is 0 Å². The highest BCUT2D eigenvalue weighted by molar-refractivity contribution is 7.92. The second kappa shape index (κ2) is 8.57. The summed E-state index contributed by atoms with van der Waals surface area (Å²) in [5, 5.41) is 13.3. The molecule has 9 heteroatoms. The molecule has 3 rings (SSSR count). The maximum atomic E-state index is 12.8. The number of hydrogen-bond acceptors (Lipinski definition) is 5. The van der Waals surface area contributed by atoms with Gasteiger partial charge in [0.1, 0.15) is 0 Å². The number of anilines is 2. The number of sulfonamides is 1. The maximum absolute atomic E-state index is 12.8. The van der Waals surface area contributed by atoms with Crippen LogP contribution in [0.2, 0.25) is 0 Å². The molecule has 0 saturated heterocycles. The van der Waals surface area contributed by atoms with Gasteiger partial charge in [0, 0.05) is 23.4 Å². The van der Waals surface area contributed by atoms with Gasteiger partial charge in [0.25, 0.3) is 21.6 Å². The number of nitro groups is 1. The number of benzene rings is 3. The van der Waals surface area contributed by atoms with Gasteiger partial charge in [-0.3, -0.25) is 19.6 Å². The van der Waals surface area contributed by atoms with Crippen molar-refractivity contribution in [3.05, 3.63) is 93.0 Å². The molecule has 0 aliphatic rings. The van der Waals surface area contributed by atoms with Crippen LogP contribution < -0.4 is 10.0 Å². The molecular weight excluding hydrogens is 418 g/mol. The Hall–Kier alpha value is -3.72. The van der Waals surface area contributed by atoms with Crippen molar-refractivity contribution >= 4 is 33.0 Å². The summed E-state index contributed by atoms with van der Waals surface area (Å²) in [7, 11) is -3.81. The molecule has 31 heavy (non-hydrogen) atoms. The lowest BCUT2D eigenvalue weighted by Gasteiger charge is -2.14. The zero-order valence-electron chi connectivity index (χ0n) is 17.2. The average molecular weight is 439 g/mol. The Morgan fingerprint density at radius 1 is 0.903 bits per heavy atom. The number of aryl methyl sites for hydroxylation is 3. The lowest BCUT2D eigenvalue weighted by molar-refractivity contribution is -0.384. The highest BCUT2D eigenvalue weighted by Gasteiger charge is 2.17. The second-order valence-electron chi connectivity index (χ2n) is 7.16. The summed E-state index contributed by atoms with van der Waals surface area (Å²) in [5.74, 6) is -0.463. The summed E-state index contributed by atoms with van der Waals surface area (Å²) in [4.78, 5) is 22.5. The summed E-state index contributed by atoms with van der Waals surface area (Å²) in [6, 6.07) is 14.7. The molecule has 0 radical (unpaired) electrons. The Kier molecular flexibility index (Phi) is 6.07. The third kappa shape index (κ3) is 5.07. The molecule has 8 nitrogen and oxygen atoms in total. The molecule has 0 heterocycles. The molecule has 0 atom stereocenters. The topological polar surface area (TPSA) is 118 Å². The van der Waals surface area contributed by atoms with E-state index in [1.165, 1.54) is 48.5 Å². The fraction of sp³-hybridized carbons (Fsp3) is 0.136. The number of nitrogens with zero attached hydrogens (tertiary/aromatic N) is 1. The van der Waals surface area contributed by atoms with Gasteiger partial charge in [-0.05, 0) is 68.3 Å². The number of nitrogens with one attached hydrogen (secondary N) is 2. The van der Waals surface area contributed by atoms with Crippen LogP contribution in [0.1, 0.15) is 27.0 Å². The summed E-state index contributed by atoms with van der Waals surface area (Å²) >= 11 is 0. The fourth-order valence-electron chi connectivity index (χ4n) is 3.19. The van der Waals surface area contributed by atoms with E-state index in [2.05, 4.69) is 10.0 Å². The summed E-state index contributed by atoms with van der Waals surface area (Å²) < 4.78 is 28.2. The SMILES string of the molecule is Cc1cc(C)c(NS(=O)(=O)c2ccc(NC(=O)c3ccc([N+](=O)[O-])cc3)cc2)c(C)c1. The Balaban J connectivity index is 1.74. The first-order chi connectivity index (χ1) is 14.6. The molecule has 3 aromatic rings.